The highest BCUT2D eigenvalue weighted by Gasteiger charge is 2.22. The normalized spacial score (nSPS) is 17.3. The van der Waals surface area contributed by atoms with E-state index in [1.165, 1.54) is 31.2 Å². The van der Waals surface area contributed by atoms with Crippen LogP contribution in [-0.2, 0) is 0 Å². The van der Waals surface area contributed by atoms with E-state index in [9.17, 15) is 0 Å². The van der Waals surface area contributed by atoms with E-state index in [1.54, 1.807) is 0 Å². The number of nitrogens with zero attached hydrogens (tertiary/aromatic N) is 1. The van der Waals surface area contributed by atoms with Crippen LogP contribution in [0.1, 0.15) is 50.6 Å². The van der Waals surface area contributed by atoms with Gasteiger partial charge in [-0.15, -0.1) is 0 Å². The van der Waals surface area contributed by atoms with Crippen molar-refractivity contribution in [2.24, 2.45) is 11.7 Å². The largest absolute Gasteiger partial charge is 0.494 e. The van der Waals surface area contributed by atoms with Gasteiger partial charge in [-0.2, -0.15) is 0 Å². The van der Waals surface area contributed by atoms with Crippen molar-refractivity contribution in [3.8, 4) is 5.75 Å². The summed E-state index contributed by atoms with van der Waals surface area (Å²) >= 11 is 0. The lowest BCUT2D eigenvalue weighted by molar-refractivity contribution is 0.212. The van der Waals surface area contributed by atoms with Crippen molar-refractivity contribution in [1.29, 1.82) is 0 Å². The number of benzene rings is 1. The first kappa shape index (κ1) is 16.3. The lowest BCUT2D eigenvalue weighted by atomic mass is 10.0. The zero-order valence-corrected chi connectivity index (χ0v) is 13.6. The van der Waals surface area contributed by atoms with Crippen molar-refractivity contribution >= 4 is 0 Å². The number of hydrogen-bond acceptors (Lipinski definition) is 3. The molecule has 1 aliphatic carbocycles. The summed E-state index contributed by atoms with van der Waals surface area (Å²) in [6, 6.07) is 8.71. The fourth-order valence-corrected chi connectivity index (χ4v) is 3.33. The van der Waals surface area contributed by atoms with Crippen molar-refractivity contribution in [2.75, 3.05) is 26.7 Å². The van der Waals surface area contributed by atoms with Crippen molar-refractivity contribution < 1.29 is 4.74 Å². The molecule has 1 aliphatic rings. The van der Waals surface area contributed by atoms with Crippen LogP contribution < -0.4 is 10.5 Å². The van der Waals surface area contributed by atoms with E-state index >= 15 is 0 Å². The van der Waals surface area contributed by atoms with Gasteiger partial charge in [0.2, 0.25) is 0 Å². The second-order valence-corrected chi connectivity index (χ2v) is 6.26. The summed E-state index contributed by atoms with van der Waals surface area (Å²) in [5.74, 6) is 1.81. The Morgan fingerprint density at radius 3 is 2.76 bits per heavy atom. The Hall–Kier alpha value is -1.06. The summed E-state index contributed by atoms with van der Waals surface area (Å²) in [4.78, 5) is 2.43. The molecule has 0 heterocycles. The van der Waals surface area contributed by atoms with Crippen LogP contribution in [0.3, 0.4) is 0 Å². The van der Waals surface area contributed by atoms with Gasteiger partial charge in [0.15, 0.2) is 0 Å². The van der Waals surface area contributed by atoms with Gasteiger partial charge < -0.3 is 10.5 Å². The summed E-state index contributed by atoms with van der Waals surface area (Å²) in [5.41, 5.74) is 7.32. The standard InChI is InChI=1S/C18H30N2O/c1-3-11-21-17-10-6-9-16(12-17)18(13-19)20(2)14-15-7-4-5-8-15/h6,9-10,12,15,18H,3-5,7-8,11,13-14,19H2,1-2H3. The van der Waals surface area contributed by atoms with Crippen molar-refractivity contribution in [2.45, 2.75) is 45.1 Å². The molecule has 118 valence electrons. The summed E-state index contributed by atoms with van der Waals surface area (Å²) in [6.07, 6.45) is 6.58. The molecule has 1 atom stereocenters. The first-order valence-electron chi connectivity index (χ1n) is 8.37. The third kappa shape index (κ3) is 4.72. The van der Waals surface area contributed by atoms with Crippen molar-refractivity contribution in [1.82, 2.24) is 4.90 Å². The van der Waals surface area contributed by atoms with Crippen LogP contribution >= 0.6 is 0 Å². The van der Waals surface area contributed by atoms with Crippen LogP contribution in [0, 0.1) is 5.92 Å². The van der Waals surface area contributed by atoms with Crippen LogP contribution in [0.4, 0.5) is 0 Å². The fourth-order valence-electron chi connectivity index (χ4n) is 3.33. The van der Waals surface area contributed by atoms with Crippen molar-refractivity contribution in [3.63, 3.8) is 0 Å². The van der Waals surface area contributed by atoms with Crippen LogP contribution in [-0.4, -0.2) is 31.6 Å². The third-order valence-electron chi connectivity index (χ3n) is 4.49. The Labute approximate surface area is 129 Å². The predicted octanol–water partition coefficient (Wildman–Crippen LogP) is 3.60. The fraction of sp³-hybridized carbons (Fsp3) is 0.667. The molecule has 0 aromatic heterocycles. The molecule has 0 spiro atoms. The van der Waals surface area contributed by atoms with Gasteiger partial charge >= 0.3 is 0 Å². The van der Waals surface area contributed by atoms with E-state index in [0.29, 0.717) is 6.54 Å². The number of likely N-dealkylation sites (N-methyl/N-ethyl adjacent to an activating group) is 1. The minimum Gasteiger partial charge on any atom is -0.494 e. The van der Waals surface area contributed by atoms with Gasteiger partial charge in [-0.05, 0) is 49.9 Å². The predicted molar refractivity (Wildman–Crippen MR) is 88.6 cm³/mol. The highest BCUT2D eigenvalue weighted by atomic mass is 16.5. The SMILES string of the molecule is CCCOc1cccc(C(CN)N(C)CC2CCCC2)c1. The molecule has 1 saturated carbocycles. The molecular weight excluding hydrogens is 260 g/mol. The van der Waals surface area contributed by atoms with Gasteiger partial charge in [0, 0.05) is 19.1 Å². The summed E-state index contributed by atoms with van der Waals surface area (Å²) in [6.45, 7) is 4.71. The van der Waals surface area contributed by atoms with Crippen molar-refractivity contribution in [3.05, 3.63) is 29.8 Å². The van der Waals surface area contributed by atoms with Gasteiger partial charge in [-0.3, -0.25) is 4.90 Å². The van der Waals surface area contributed by atoms with E-state index in [2.05, 4.69) is 37.1 Å². The van der Waals surface area contributed by atoms with E-state index in [1.807, 2.05) is 6.07 Å². The summed E-state index contributed by atoms with van der Waals surface area (Å²) in [7, 11) is 2.20. The Bertz CT molecular complexity index is 415. The highest BCUT2D eigenvalue weighted by molar-refractivity contribution is 5.30. The van der Waals surface area contributed by atoms with Gasteiger partial charge in [0.25, 0.3) is 0 Å². The molecule has 0 bridgehead atoms. The second-order valence-electron chi connectivity index (χ2n) is 6.26. The minimum absolute atomic E-state index is 0.288. The van der Waals surface area contributed by atoms with E-state index in [-0.39, 0.29) is 6.04 Å². The van der Waals surface area contributed by atoms with E-state index in [0.717, 1.165) is 31.2 Å². The average molecular weight is 290 g/mol. The summed E-state index contributed by atoms with van der Waals surface area (Å²) < 4.78 is 5.74. The molecule has 0 radical (unpaired) electrons. The molecule has 3 nitrogen and oxygen atoms in total. The number of hydrogen-bond donors (Lipinski definition) is 1. The third-order valence-corrected chi connectivity index (χ3v) is 4.49. The quantitative estimate of drug-likeness (QED) is 0.795. The minimum atomic E-state index is 0.288. The Morgan fingerprint density at radius 1 is 1.33 bits per heavy atom. The molecule has 0 amide bonds. The number of nitrogens with two attached hydrogens (primary N) is 1. The average Bonchev–Trinajstić information content (AvgIpc) is 2.99. The molecule has 0 saturated heterocycles. The molecule has 21 heavy (non-hydrogen) atoms. The van der Waals surface area contributed by atoms with E-state index in [4.69, 9.17) is 10.5 Å². The van der Waals surface area contributed by atoms with E-state index < -0.39 is 0 Å². The van der Waals surface area contributed by atoms with Gasteiger partial charge in [0.1, 0.15) is 5.75 Å². The van der Waals surface area contributed by atoms with Crippen LogP contribution in [0.2, 0.25) is 0 Å². The second kappa shape index (κ2) is 8.40. The zero-order valence-electron chi connectivity index (χ0n) is 13.6. The Morgan fingerprint density at radius 2 is 2.10 bits per heavy atom. The van der Waals surface area contributed by atoms with Crippen LogP contribution in [0.15, 0.2) is 24.3 Å². The summed E-state index contributed by atoms with van der Waals surface area (Å²) in [5, 5.41) is 0. The molecule has 2 rings (SSSR count). The molecule has 2 N–H and O–H groups in total. The molecular formula is C18H30N2O. The van der Waals surface area contributed by atoms with Crippen LogP contribution in [0.25, 0.3) is 0 Å². The van der Waals surface area contributed by atoms with Gasteiger partial charge in [0.05, 0.1) is 6.61 Å². The molecule has 3 heteroatoms. The van der Waals surface area contributed by atoms with Gasteiger partial charge in [-0.25, -0.2) is 0 Å². The monoisotopic (exact) mass is 290 g/mol. The molecule has 1 aromatic carbocycles. The molecule has 1 fully saturated rings. The molecule has 0 aliphatic heterocycles. The highest BCUT2D eigenvalue weighted by Crippen LogP contribution is 2.29. The lowest BCUT2D eigenvalue weighted by Gasteiger charge is -2.30. The molecule has 1 unspecified atom stereocenters. The lowest BCUT2D eigenvalue weighted by Crippen LogP contribution is -2.33. The molecule has 1 aromatic rings. The maximum absolute atomic E-state index is 6.05. The van der Waals surface area contributed by atoms with Crippen LogP contribution in [0.5, 0.6) is 5.75 Å². The first-order valence-corrected chi connectivity index (χ1v) is 8.37. The zero-order chi connectivity index (χ0) is 15.1. The number of ether oxygens (including phenoxy) is 1. The maximum Gasteiger partial charge on any atom is 0.119 e. The topological polar surface area (TPSA) is 38.5 Å². The maximum atomic E-state index is 6.05. The number of rotatable bonds is 8. The smallest absolute Gasteiger partial charge is 0.119 e. The first-order chi connectivity index (χ1) is 10.2. The Balaban J connectivity index is 2.01. The van der Waals surface area contributed by atoms with Gasteiger partial charge in [-0.1, -0.05) is 31.9 Å². The Kier molecular flexibility index (Phi) is 6.52.